The van der Waals surface area contributed by atoms with Crippen LogP contribution in [0, 0.1) is 0 Å². The summed E-state index contributed by atoms with van der Waals surface area (Å²) >= 11 is 0. The largest absolute Gasteiger partial charge is 0.308 e. The van der Waals surface area contributed by atoms with E-state index < -0.39 is 0 Å². The molecule has 0 amide bonds. The van der Waals surface area contributed by atoms with Gasteiger partial charge in [0.15, 0.2) is 5.82 Å². The maximum absolute atomic E-state index is 5.49. The van der Waals surface area contributed by atoms with Crippen LogP contribution in [0.4, 0.5) is 0 Å². The number of nitrogens with zero attached hydrogens (tertiary/aromatic N) is 4. The summed E-state index contributed by atoms with van der Waals surface area (Å²) in [5, 5.41) is 2.44. The van der Waals surface area contributed by atoms with Gasteiger partial charge in [0, 0.05) is 49.6 Å². The van der Waals surface area contributed by atoms with E-state index in [2.05, 4.69) is 225 Å². The molecular formula is C60H42N4. The molecule has 0 radical (unpaired) electrons. The topological polar surface area (TPSA) is 43.6 Å². The highest BCUT2D eigenvalue weighted by atomic mass is 15.0. The number of hydrogen-bond acceptors (Lipinski definition) is 3. The minimum Gasteiger partial charge on any atom is -0.308 e. The normalized spacial score (nSPS) is 12.7. The van der Waals surface area contributed by atoms with Crippen LogP contribution in [0.3, 0.4) is 0 Å². The Kier molecular flexibility index (Phi) is 8.80. The molecule has 4 nitrogen and oxygen atoms in total. The zero-order chi connectivity index (χ0) is 42.8. The van der Waals surface area contributed by atoms with Gasteiger partial charge in [0.1, 0.15) is 0 Å². The zero-order valence-corrected chi connectivity index (χ0v) is 35.6. The summed E-state index contributed by atoms with van der Waals surface area (Å²) in [5.41, 5.74) is 19.3. The molecule has 4 heteroatoms. The van der Waals surface area contributed by atoms with Gasteiger partial charge in [0.25, 0.3) is 0 Å². The van der Waals surface area contributed by atoms with Crippen LogP contribution < -0.4 is 0 Å². The third-order valence-electron chi connectivity index (χ3n) is 13.0. The number of fused-ring (bicyclic) bond motifs is 7. The summed E-state index contributed by atoms with van der Waals surface area (Å²) in [6.45, 7) is 4.71. The van der Waals surface area contributed by atoms with Crippen molar-refractivity contribution in [2.75, 3.05) is 0 Å². The Hall–Kier alpha value is -8.21. The Morgan fingerprint density at radius 2 is 0.906 bits per heavy atom. The first kappa shape index (κ1) is 37.5. The highest BCUT2D eigenvalue weighted by Gasteiger charge is 2.37. The predicted molar refractivity (Wildman–Crippen MR) is 264 cm³/mol. The molecule has 1 aliphatic carbocycles. The highest BCUT2D eigenvalue weighted by molar-refractivity contribution is 6.16. The van der Waals surface area contributed by atoms with Crippen molar-refractivity contribution in [3.8, 4) is 84.4 Å². The Bertz CT molecular complexity index is 3440. The number of benzene rings is 8. The van der Waals surface area contributed by atoms with Gasteiger partial charge in [0.05, 0.1) is 39.5 Å². The van der Waals surface area contributed by atoms with Gasteiger partial charge in [-0.2, -0.15) is 0 Å². The second-order valence-corrected chi connectivity index (χ2v) is 17.2. The number of para-hydroxylation sites is 1. The fraction of sp³-hybridized carbons (Fsp3) is 0.0500. The van der Waals surface area contributed by atoms with Crippen LogP contribution in [-0.2, 0) is 5.41 Å². The predicted octanol–water partition coefficient (Wildman–Crippen LogP) is 15.3. The molecular weight excluding hydrogens is 777 g/mol. The Morgan fingerprint density at radius 1 is 0.359 bits per heavy atom. The van der Waals surface area contributed by atoms with Crippen molar-refractivity contribution in [3.63, 3.8) is 0 Å². The first-order valence-electron chi connectivity index (χ1n) is 21.9. The van der Waals surface area contributed by atoms with Crippen LogP contribution in [0.5, 0.6) is 0 Å². The molecule has 0 aliphatic heterocycles. The second kappa shape index (κ2) is 15.0. The van der Waals surface area contributed by atoms with E-state index in [4.69, 9.17) is 15.0 Å². The third-order valence-corrected chi connectivity index (χ3v) is 13.0. The standard InChI is InChI=1S/C60H42N4/c1-60(2)49-29-17-15-28-47(49)57-50(60)33-32-46-45-27-16-18-30-55(45)64(58(46)57)56-34-31-43(44-36-51(39-19-7-3-8-20-39)61-52(37-44)40-21-9-4-10-22-40)35-48(56)54-38-53(41-23-11-5-12-24-41)62-59(63-54)42-25-13-6-14-26-42/h3-38H,1-2H3. The van der Waals surface area contributed by atoms with E-state index >= 15 is 0 Å². The van der Waals surface area contributed by atoms with Crippen LogP contribution in [0.25, 0.3) is 106 Å². The van der Waals surface area contributed by atoms with E-state index in [0.717, 1.165) is 72.9 Å². The van der Waals surface area contributed by atoms with E-state index in [9.17, 15) is 0 Å². The number of rotatable bonds is 7. The van der Waals surface area contributed by atoms with Gasteiger partial charge in [-0.25, -0.2) is 15.0 Å². The van der Waals surface area contributed by atoms with E-state index in [1.165, 1.54) is 38.5 Å². The van der Waals surface area contributed by atoms with Crippen LogP contribution in [0.2, 0.25) is 0 Å². The van der Waals surface area contributed by atoms with Crippen molar-refractivity contribution < 1.29 is 0 Å². The summed E-state index contributed by atoms with van der Waals surface area (Å²) in [6, 6.07) is 77.7. The van der Waals surface area contributed by atoms with Crippen molar-refractivity contribution in [2.45, 2.75) is 19.3 Å². The third kappa shape index (κ3) is 6.18. The van der Waals surface area contributed by atoms with Gasteiger partial charge in [-0.15, -0.1) is 0 Å². The maximum Gasteiger partial charge on any atom is 0.160 e. The molecule has 3 aromatic heterocycles. The molecule has 0 bridgehead atoms. The average molecular weight is 819 g/mol. The fourth-order valence-corrected chi connectivity index (χ4v) is 9.88. The van der Waals surface area contributed by atoms with Gasteiger partial charge in [-0.05, 0) is 64.2 Å². The van der Waals surface area contributed by atoms with Crippen molar-refractivity contribution >= 4 is 21.8 Å². The van der Waals surface area contributed by atoms with Crippen molar-refractivity contribution in [1.29, 1.82) is 0 Å². The Morgan fingerprint density at radius 3 is 1.56 bits per heavy atom. The quantitative estimate of drug-likeness (QED) is 0.161. The zero-order valence-electron chi connectivity index (χ0n) is 35.6. The van der Waals surface area contributed by atoms with Gasteiger partial charge in [-0.3, -0.25) is 0 Å². The number of aromatic nitrogens is 4. The Labute approximate surface area is 372 Å². The molecule has 0 saturated carbocycles. The minimum atomic E-state index is -0.163. The lowest BCUT2D eigenvalue weighted by Crippen LogP contribution is -2.14. The van der Waals surface area contributed by atoms with Gasteiger partial charge >= 0.3 is 0 Å². The number of pyridine rings is 1. The second-order valence-electron chi connectivity index (χ2n) is 17.2. The molecule has 0 unspecified atom stereocenters. The maximum atomic E-state index is 5.49. The Balaban J connectivity index is 1.19. The molecule has 0 saturated heterocycles. The van der Waals surface area contributed by atoms with Crippen LogP contribution in [-0.4, -0.2) is 19.5 Å². The average Bonchev–Trinajstić information content (AvgIpc) is 3.82. The monoisotopic (exact) mass is 818 g/mol. The lowest BCUT2D eigenvalue weighted by Gasteiger charge is -2.21. The van der Waals surface area contributed by atoms with Gasteiger partial charge in [0.2, 0.25) is 0 Å². The molecule has 302 valence electrons. The van der Waals surface area contributed by atoms with Crippen molar-refractivity contribution in [3.05, 3.63) is 230 Å². The van der Waals surface area contributed by atoms with Crippen molar-refractivity contribution in [1.82, 2.24) is 19.5 Å². The molecule has 64 heavy (non-hydrogen) atoms. The summed E-state index contributed by atoms with van der Waals surface area (Å²) in [6.07, 6.45) is 0. The molecule has 0 N–H and O–H groups in total. The SMILES string of the molecule is CC1(C)c2ccccc2-c2c1ccc1c3ccccc3n(-c3ccc(-c4cc(-c5ccccc5)nc(-c5ccccc5)c4)cc3-c3cc(-c4ccccc4)nc(-c4ccccc4)n3)c21. The molecule has 0 fully saturated rings. The lowest BCUT2D eigenvalue weighted by atomic mass is 9.82. The molecule has 8 aromatic carbocycles. The molecule has 11 aromatic rings. The molecule has 12 rings (SSSR count). The molecule has 0 spiro atoms. The summed E-state index contributed by atoms with van der Waals surface area (Å²) in [5.74, 6) is 0.675. The van der Waals surface area contributed by atoms with Crippen LogP contribution in [0.1, 0.15) is 25.0 Å². The number of hydrogen-bond donors (Lipinski definition) is 0. The van der Waals surface area contributed by atoms with Crippen molar-refractivity contribution in [2.24, 2.45) is 0 Å². The van der Waals surface area contributed by atoms with Gasteiger partial charge in [-0.1, -0.05) is 196 Å². The summed E-state index contributed by atoms with van der Waals surface area (Å²) in [4.78, 5) is 16.0. The first-order valence-corrected chi connectivity index (χ1v) is 21.9. The molecule has 3 heterocycles. The molecule has 1 aliphatic rings. The summed E-state index contributed by atoms with van der Waals surface area (Å²) < 4.78 is 2.50. The van der Waals surface area contributed by atoms with E-state index in [-0.39, 0.29) is 5.41 Å². The minimum absolute atomic E-state index is 0.163. The van der Waals surface area contributed by atoms with E-state index in [1.807, 2.05) is 12.1 Å². The first-order chi connectivity index (χ1) is 31.5. The van der Waals surface area contributed by atoms with E-state index in [0.29, 0.717) is 5.82 Å². The van der Waals surface area contributed by atoms with Crippen LogP contribution >= 0.6 is 0 Å². The van der Waals surface area contributed by atoms with Crippen LogP contribution in [0.15, 0.2) is 218 Å². The van der Waals surface area contributed by atoms with Gasteiger partial charge < -0.3 is 4.57 Å². The summed E-state index contributed by atoms with van der Waals surface area (Å²) in [7, 11) is 0. The highest BCUT2D eigenvalue weighted by Crippen LogP contribution is 2.53. The van der Waals surface area contributed by atoms with E-state index in [1.54, 1.807) is 0 Å². The lowest BCUT2D eigenvalue weighted by molar-refractivity contribution is 0.661. The fourth-order valence-electron chi connectivity index (χ4n) is 9.88. The molecule has 0 atom stereocenters. The smallest absolute Gasteiger partial charge is 0.160 e.